The van der Waals surface area contributed by atoms with E-state index in [2.05, 4.69) is 4.40 Å². The summed E-state index contributed by atoms with van der Waals surface area (Å²) in [7, 11) is -4.61. The smallest absolute Gasteiger partial charge is 0.291 e. The van der Waals surface area contributed by atoms with Crippen LogP contribution in [0.25, 0.3) is 0 Å². The van der Waals surface area contributed by atoms with E-state index in [0.29, 0.717) is 0 Å². The Hall–Kier alpha value is -0.950. The lowest BCUT2D eigenvalue weighted by Gasteiger charge is -1.87. The van der Waals surface area contributed by atoms with Crippen LogP contribution in [0.4, 0.5) is 0 Å². The van der Waals surface area contributed by atoms with Crippen LogP contribution in [-0.4, -0.2) is 25.2 Å². The molecule has 0 aromatic heterocycles. The molecule has 7 heteroatoms. The highest BCUT2D eigenvalue weighted by Gasteiger charge is 2.05. The first-order valence-corrected chi connectivity index (χ1v) is 3.93. The van der Waals surface area contributed by atoms with E-state index in [1.54, 1.807) is 0 Å². The first-order valence-electron chi connectivity index (χ1n) is 2.54. The summed E-state index contributed by atoms with van der Waals surface area (Å²) in [5.74, 6) is -1.06. The Kier molecular flexibility index (Phi) is 3.69. The topological polar surface area (TPSA) is 104 Å². The van der Waals surface area contributed by atoms with Gasteiger partial charge in [-0.1, -0.05) is 0 Å². The molecule has 0 aliphatic heterocycles. The minimum atomic E-state index is -4.61. The van der Waals surface area contributed by atoms with Crippen LogP contribution in [0.1, 0.15) is 12.8 Å². The molecule has 0 fully saturated rings. The van der Waals surface area contributed by atoms with Crippen LogP contribution < -0.4 is 0 Å². The largest absolute Gasteiger partial charge is 0.381 e. The quantitative estimate of drug-likeness (QED) is 0.357. The number of hydrogen-bond acceptors (Lipinski definition) is 3. The number of nitrogens with zero attached hydrogens (tertiary/aromatic N) is 1. The molecule has 2 radical (unpaired) electrons. The number of hydrogen-bond donors (Lipinski definition) is 1. The van der Waals surface area contributed by atoms with Crippen LogP contribution in [0.15, 0.2) is 4.40 Å². The van der Waals surface area contributed by atoms with Gasteiger partial charge in [-0.15, -0.1) is 4.40 Å². The van der Waals surface area contributed by atoms with E-state index >= 15 is 0 Å². The third kappa shape index (κ3) is 6.94. The molecule has 0 unspecified atom stereocenters. The summed E-state index contributed by atoms with van der Waals surface area (Å²) in [4.78, 5) is 9.54. The molecule has 0 saturated heterocycles. The Labute approximate surface area is 63.4 Å². The van der Waals surface area contributed by atoms with Gasteiger partial charge in [0.1, 0.15) is 0 Å². The van der Waals surface area contributed by atoms with Gasteiger partial charge in [-0.2, -0.15) is 8.42 Å². The van der Waals surface area contributed by atoms with Gasteiger partial charge in [0.05, 0.1) is 0 Å². The molecule has 0 aliphatic carbocycles. The van der Waals surface area contributed by atoms with Crippen molar-refractivity contribution in [3.8, 4) is 0 Å². The van der Waals surface area contributed by atoms with Gasteiger partial charge in [0, 0.05) is 12.8 Å². The van der Waals surface area contributed by atoms with E-state index < -0.39 is 16.2 Å². The van der Waals surface area contributed by atoms with Crippen LogP contribution in [0, 0.1) is 0 Å². The van der Waals surface area contributed by atoms with Crippen molar-refractivity contribution in [3.63, 3.8) is 0 Å². The summed E-state index contributed by atoms with van der Waals surface area (Å²) in [6, 6.07) is 0. The molecule has 0 rings (SSSR count). The molecule has 0 spiro atoms. The second kappa shape index (κ2) is 4.04. The average Bonchev–Trinajstić information content (AvgIpc) is 1.79. The summed E-state index contributed by atoms with van der Waals surface area (Å²) in [5, 5.41) is 10.3. The second-order valence-corrected chi connectivity index (χ2v) is 2.66. The predicted octanol–water partition coefficient (Wildman–Crippen LogP) is -0.492. The first kappa shape index (κ1) is 10.0. The average molecular weight is 179 g/mol. The van der Waals surface area contributed by atoms with Gasteiger partial charge in [0.25, 0.3) is 5.90 Å². The monoisotopic (exact) mass is 179 g/mol. The molecule has 0 heterocycles. The van der Waals surface area contributed by atoms with E-state index in [0.717, 1.165) is 0 Å². The molecule has 0 aliphatic rings. The Morgan fingerprint density at radius 2 is 2.09 bits per heavy atom. The molecule has 6 nitrogen and oxygen atoms in total. The zero-order chi connectivity index (χ0) is 8.91. The maximum atomic E-state index is 10.3. The number of carbonyl (C=O) groups excluding carboxylic acids is 1. The van der Waals surface area contributed by atoms with E-state index in [9.17, 15) is 18.3 Å². The maximum Gasteiger partial charge on any atom is 0.381 e. The SMILES string of the molecule is [O]/C(CC[C]=O)=N\S(=O)(=O)O. The fourth-order valence-corrected chi connectivity index (χ4v) is 0.681. The van der Waals surface area contributed by atoms with Crippen molar-refractivity contribution in [2.24, 2.45) is 4.40 Å². The zero-order valence-corrected chi connectivity index (χ0v) is 6.17. The van der Waals surface area contributed by atoms with E-state index in [4.69, 9.17) is 4.55 Å². The molecule has 62 valence electrons. The first-order chi connectivity index (χ1) is 4.95. The zero-order valence-electron chi connectivity index (χ0n) is 5.35. The molecule has 0 saturated carbocycles. The molecule has 0 atom stereocenters. The van der Waals surface area contributed by atoms with Crippen molar-refractivity contribution in [3.05, 3.63) is 0 Å². The highest BCUT2D eigenvalue weighted by Crippen LogP contribution is 1.92. The summed E-state index contributed by atoms with van der Waals surface area (Å²) in [6.45, 7) is 0. The van der Waals surface area contributed by atoms with Crippen molar-refractivity contribution in [1.29, 1.82) is 0 Å². The maximum absolute atomic E-state index is 10.3. The number of rotatable bonds is 4. The Bertz CT molecular complexity index is 254. The minimum Gasteiger partial charge on any atom is -0.291 e. The summed E-state index contributed by atoms with van der Waals surface area (Å²) < 4.78 is 30.1. The highest BCUT2D eigenvalue weighted by atomic mass is 32.2. The van der Waals surface area contributed by atoms with Crippen LogP contribution in [0.2, 0.25) is 0 Å². The van der Waals surface area contributed by atoms with Crippen molar-refractivity contribution in [1.82, 2.24) is 0 Å². The molecule has 0 bridgehead atoms. The van der Waals surface area contributed by atoms with Gasteiger partial charge in [0.2, 0.25) is 0 Å². The van der Waals surface area contributed by atoms with E-state index in [1.807, 2.05) is 0 Å². The van der Waals surface area contributed by atoms with Crippen molar-refractivity contribution < 1.29 is 22.9 Å². The predicted molar refractivity (Wildman–Crippen MR) is 34.6 cm³/mol. The Morgan fingerprint density at radius 1 is 1.55 bits per heavy atom. The molecular weight excluding hydrogens is 174 g/mol. The molecule has 1 N–H and O–H groups in total. The van der Waals surface area contributed by atoms with Crippen molar-refractivity contribution in [2.45, 2.75) is 12.8 Å². The lowest BCUT2D eigenvalue weighted by atomic mass is 10.3. The second-order valence-electron chi connectivity index (χ2n) is 1.58. The fraction of sp³-hybridized carbons (Fsp3) is 0.500. The molecular formula is C4H5NO5S. The molecule has 0 aromatic carbocycles. The van der Waals surface area contributed by atoms with Crippen molar-refractivity contribution in [2.75, 3.05) is 0 Å². The van der Waals surface area contributed by atoms with E-state index in [1.165, 1.54) is 6.29 Å². The fourth-order valence-electron chi connectivity index (χ4n) is 0.332. The molecule has 0 aromatic rings. The molecule has 0 amide bonds. The lowest BCUT2D eigenvalue weighted by molar-refractivity contribution is 0.410. The third-order valence-corrected chi connectivity index (χ3v) is 1.09. The van der Waals surface area contributed by atoms with Crippen LogP contribution >= 0.6 is 0 Å². The van der Waals surface area contributed by atoms with Gasteiger partial charge in [-0.05, 0) is 0 Å². The standard InChI is InChI=1S/C4H5NO5S/c6-3-1-2-4(7)5-11(8,9)10/h1-2H2,(H,8,9,10)/b5-4-. The summed E-state index contributed by atoms with van der Waals surface area (Å²) in [5.41, 5.74) is 0. The summed E-state index contributed by atoms with van der Waals surface area (Å²) >= 11 is 0. The third-order valence-electron chi connectivity index (χ3n) is 0.658. The van der Waals surface area contributed by atoms with Crippen LogP contribution in [0.3, 0.4) is 0 Å². The Balaban J connectivity index is 4.12. The highest BCUT2D eigenvalue weighted by molar-refractivity contribution is 7.84. The summed E-state index contributed by atoms with van der Waals surface area (Å²) in [6.07, 6.45) is 0.795. The van der Waals surface area contributed by atoms with Gasteiger partial charge in [-0.25, -0.2) is 0 Å². The van der Waals surface area contributed by atoms with Crippen LogP contribution in [0.5, 0.6) is 0 Å². The van der Waals surface area contributed by atoms with Gasteiger partial charge < -0.3 is 0 Å². The lowest BCUT2D eigenvalue weighted by Crippen LogP contribution is -2.00. The minimum absolute atomic E-state index is 0.224. The van der Waals surface area contributed by atoms with E-state index in [-0.39, 0.29) is 12.8 Å². The Morgan fingerprint density at radius 3 is 2.45 bits per heavy atom. The normalized spacial score (nSPS) is 13.0. The molecule has 11 heavy (non-hydrogen) atoms. The van der Waals surface area contributed by atoms with Gasteiger partial charge in [0.15, 0.2) is 6.29 Å². The van der Waals surface area contributed by atoms with Gasteiger partial charge in [-0.3, -0.25) is 14.5 Å². The van der Waals surface area contributed by atoms with Gasteiger partial charge >= 0.3 is 10.3 Å². The van der Waals surface area contributed by atoms with Crippen LogP contribution in [-0.2, 0) is 20.2 Å². The van der Waals surface area contributed by atoms with Crippen molar-refractivity contribution >= 4 is 22.5 Å².